The van der Waals surface area contributed by atoms with Crippen molar-refractivity contribution in [1.82, 2.24) is 24.4 Å². The molecule has 7 nitrogen and oxygen atoms in total. The second-order valence-electron chi connectivity index (χ2n) is 7.09. The van der Waals surface area contributed by atoms with Crippen molar-refractivity contribution in [3.8, 4) is 22.6 Å². The van der Waals surface area contributed by atoms with Gasteiger partial charge in [0.1, 0.15) is 11.5 Å². The van der Waals surface area contributed by atoms with Crippen LogP contribution < -0.4 is 5.32 Å². The van der Waals surface area contributed by atoms with Crippen LogP contribution in [0.5, 0.6) is 0 Å². The van der Waals surface area contributed by atoms with Crippen molar-refractivity contribution in [2.45, 2.75) is 19.3 Å². The molecule has 1 aliphatic heterocycles. The minimum absolute atomic E-state index is 0.234. The highest BCUT2D eigenvalue weighted by Crippen LogP contribution is 2.30. The number of benzene rings is 1. The van der Waals surface area contributed by atoms with Crippen LogP contribution >= 0.6 is 0 Å². The van der Waals surface area contributed by atoms with Crippen molar-refractivity contribution in [3.05, 3.63) is 48.7 Å². The van der Waals surface area contributed by atoms with Crippen LogP contribution in [0.4, 0.5) is 10.3 Å². The summed E-state index contributed by atoms with van der Waals surface area (Å²) in [5.41, 5.74) is 2.05. The van der Waals surface area contributed by atoms with Crippen molar-refractivity contribution in [2.75, 3.05) is 25.0 Å². The smallest absolute Gasteiger partial charge is 0.223 e. The molecule has 0 bridgehead atoms. The Morgan fingerprint density at radius 1 is 1.28 bits per heavy atom. The number of aryl methyl sites for hydroxylation is 1. The van der Waals surface area contributed by atoms with Crippen molar-refractivity contribution in [2.24, 2.45) is 7.05 Å². The number of carbonyl (C=O) groups excluding carboxylic acids is 1. The van der Waals surface area contributed by atoms with Crippen LogP contribution in [0.1, 0.15) is 19.3 Å². The maximum Gasteiger partial charge on any atom is 0.223 e. The minimum Gasteiger partial charge on any atom is -0.354 e. The predicted molar refractivity (Wildman–Crippen MR) is 109 cm³/mol. The molecule has 8 heteroatoms. The van der Waals surface area contributed by atoms with Crippen LogP contribution in [-0.2, 0) is 11.8 Å². The molecule has 0 saturated carbocycles. The van der Waals surface area contributed by atoms with Crippen molar-refractivity contribution < 1.29 is 9.18 Å². The summed E-state index contributed by atoms with van der Waals surface area (Å²) in [5, 5.41) is 3.22. The van der Waals surface area contributed by atoms with E-state index in [1.807, 2.05) is 28.8 Å². The maximum absolute atomic E-state index is 13.7. The average Bonchev–Trinajstić information content (AvgIpc) is 3.33. The van der Waals surface area contributed by atoms with Crippen LogP contribution in [0, 0.1) is 5.82 Å². The van der Waals surface area contributed by atoms with E-state index in [-0.39, 0.29) is 11.7 Å². The second kappa shape index (κ2) is 8.38. The summed E-state index contributed by atoms with van der Waals surface area (Å²) in [6.07, 6.45) is 7.66. The number of hydrogen-bond acceptors (Lipinski definition) is 5. The highest BCUT2D eigenvalue weighted by molar-refractivity contribution is 5.78. The normalized spacial score (nSPS) is 13.9. The van der Waals surface area contributed by atoms with Gasteiger partial charge in [0.05, 0.1) is 0 Å². The average molecular weight is 394 g/mol. The Bertz CT molecular complexity index is 1020. The number of hydrogen-bond donors (Lipinski definition) is 1. The Balaban J connectivity index is 1.53. The van der Waals surface area contributed by atoms with E-state index in [0.29, 0.717) is 41.6 Å². The molecule has 1 aromatic carbocycles. The molecule has 2 aromatic heterocycles. The van der Waals surface area contributed by atoms with Gasteiger partial charge < -0.3 is 14.8 Å². The molecule has 1 amide bonds. The molecule has 1 aliphatic rings. The number of amides is 1. The summed E-state index contributed by atoms with van der Waals surface area (Å²) in [4.78, 5) is 27.0. The number of nitrogens with one attached hydrogen (secondary N) is 1. The SMILES string of the molecule is Cn1ccnc1-c1nc(NCCCN2CCCC2=O)ncc1-c1cccc(F)c1. The lowest BCUT2D eigenvalue weighted by Gasteiger charge is -2.15. The van der Waals surface area contributed by atoms with E-state index in [0.717, 1.165) is 25.9 Å². The molecule has 4 rings (SSSR count). The van der Waals surface area contributed by atoms with E-state index in [4.69, 9.17) is 0 Å². The third-order valence-electron chi connectivity index (χ3n) is 5.02. The summed E-state index contributed by atoms with van der Waals surface area (Å²) in [6, 6.07) is 6.37. The molecule has 3 heterocycles. The fourth-order valence-corrected chi connectivity index (χ4v) is 3.51. The highest BCUT2D eigenvalue weighted by Gasteiger charge is 2.19. The third-order valence-corrected chi connectivity index (χ3v) is 5.02. The zero-order valence-electron chi connectivity index (χ0n) is 16.3. The van der Waals surface area contributed by atoms with Gasteiger partial charge in [-0.25, -0.2) is 19.3 Å². The van der Waals surface area contributed by atoms with Gasteiger partial charge in [-0.2, -0.15) is 0 Å². The molecule has 0 spiro atoms. The van der Waals surface area contributed by atoms with Crippen LogP contribution in [0.2, 0.25) is 0 Å². The lowest BCUT2D eigenvalue weighted by Crippen LogP contribution is -2.27. The zero-order valence-corrected chi connectivity index (χ0v) is 16.3. The Kier molecular flexibility index (Phi) is 5.50. The number of imidazole rings is 1. The largest absolute Gasteiger partial charge is 0.354 e. The van der Waals surface area contributed by atoms with Gasteiger partial charge in [0, 0.05) is 57.3 Å². The number of nitrogens with zero attached hydrogens (tertiary/aromatic N) is 5. The number of likely N-dealkylation sites (tertiary alicyclic amines) is 1. The lowest BCUT2D eigenvalue weighted by atomic mass is 10.1. The van der Waals surface area contributed by atoms with Crippen LogP contribution in [0.15, 0.2) is 42.9 Å². The molecule has 150 valence electrons. The molecule has 29 heavy (non-hydrogen) atoms. The summed E-state index contributed by atoms with van der Waals surface area (Å²) in [5.74, 6) is 1.08. The molecule has 0 unspecified atom stereocenters. The number of carbonyl (C=O) groups is 1. The number of aromatic nitrogens is 4. The summed E-state index contributed by atoms with van der Waals surface area (Å²) >= 11 is 0. The molecule has 1 fully saturated rings. The van der Waals surface area contributed by atoms with Crippen LogP contribution in [0.3, 0.4) is 0 Å². The van der Waals surface area contributed by atoms with E-state index in [9.17, 15) is 9.18 Å². The predicted octanol–water partition coefficient (Wildman–Crippen LogP) is 3.11. The van der Waals surface area contributed by atoms with Gasteiger partial charge in [0.2, 0.25) is 11.9 Å². The molecule has 1 N–H and O–H groups in total. The molecule has 1 saturated heterocycles. The van der Waals surface area contributed by atoms with Gasteiger partial charge in [0.15, 0.2) is 5.82 Å². The standard InChI is InChI=1S/C21H23FN6O/c1-27-12-9-23-20(27)19-17(15-5-2-6-16(22)13-15)14-25-21(26-19)24-8-4-11-28-10-3-7-18(28)29/h2,5-6,9,12-14H,3-4,7-8,10-11H2,1H3,(H,24,25,26). The molecular formula is C21H23FN6O. The Morgan fingerprint density at radius 3 is 2.90 bits per heavy atom. The first-order valence-electron chi connectivity index (χ1n) is 9.74. The van der Waals surface area contributed by atoms with Gasteiger partial charge in [-0.1, -0.05) is 12.1 Å². The summed E-state index contributed by atoms with van der Waals surface area (Å²) < 4.78 is 15.6. The first kappa shape index (κ1) is 19.0. The van der Waals surface area contributed by atoms with Crippen molar-refractivity contribution >= 4 is 11.9 Å². The summed E-state index contributed by atoms with van der Waals surface area (Å²) in [6.45, 7) is 2.24. The van der Waals surface area contributed by atoms with E-state index >= 15 is 0 Å². The topological polar surface area (TPSA) is 75.9 Å². The maximum atomic E-state index is 13.7. The fraction of sp³-hybridized carbons (Fsp3) is 0.333. The highest BCUT2D eigenvalue weighted by atomic mass is 19.1. The molecule has 0 atom stereocenters. The molecule has 0 aliphatic carbocycles. The minimum atomic E-state index is -0.313. The second-order valence-corrected chi connectivity index (χ2v) is 7.09. The Hall–Kier alpha value is -3.29. The molecule has 3 aromatic rings. The fourth-order valence-electron chi connectivity index (χ4n) is 3.51. The van der Waals surface area contributed by atoms with Crippen LogP contribution in [-0.4, -0.2) is 50.0 Å². The number of rotatable bonds is 7. The molecular weight excluding hydrogens is 371 g/mol. The Labute approximate surface area is 168 Å². The van der Waals surface area contributed by atoms with Gasteiger partial charge in [-0.05, 0) is 30.5 Å². The third kappa shape index (κ3) is 4.26. The van der Waals surface area contributed by atoms with Crippen molar-refractivity contribution in [1.29, 1.82) is 0 Å². The number of anilines is 1. The van der Waals surface area contributed by atoms with Crippen molar-refractivity contribution in [3.63, 3.8) is 0 Å². The van der Waals surface area contributed by atoms with Gasteiger partial charge >= 0.3 is 0 Å². The Morgan fingerprint density at radius 2 is 2.17 bits per heavy atom. The van der Waals surface area contributed by atoms with E-state index < -0.39 is 0 Å². The lowest BCUT2D eigenvalue weighted by molar-refractivity contribution is -0.127. The molecule has 0 radical (unpaired) electrons. The first-order valence-corrected chi connectivity index (χ1v) is 9.74. The zero-order chi connectivity index (χ0) is 20.2. The van der Waals surface area contributed by atoms with Gasteiger partial charge in [-0.15, -0.1) is 0 Å². The van der Waals surface area contributed by atoms with Crippen LogP contribution in [0.25, 0.3) is 22.6 Å². The van der Waals surface area contributed by atoms with E-state index in [1.165, 1.54) is 12.1 Å². The summed E-state index contributed by atoms with van der Waals surface area (Å²) in [7, 11) is 1.89. The van der Waals surface area contributed by atoms with E-state index in [1.54, 1.807) is 18.5 Å². The van der Waals surface area contributed by atoms with Gasteiger partial charge in [-0.3, -0.25) is 4.79 Å². The first-order chi connectivity index (χ1) is 14.1. The number of halogens is 1. The van der Waals surface area contributed by atoms with E-state index in [2.05, 4.69) is 20.3 Å². The van der Waals surface area contributed by atoms with Gasteiger partial charge in [0.25, 0.3) is 0 Å². The quantitative estimate of drug-likeness (QED) is 0.623. The monoisotopic (exact) mass is 394 g/mol.